The van der Waals surface area contributed by atoms with E-state index in [4.69, 9.17) is 4.74 Å². The third kappa shape index (κ3) is 4.40. The fourth-order valence-electron chi connectivity index (χ4n) is 2.42. The summed E-state index contributed by atoms with van der Waals surface area (Å²) in [6, 6.07) is 8.51. The standard InChI is InChI=1S/C19H24O2/c1-5-17-12-16(20)13-18(21-17)11-8-14-6-9-15(10-7-14)19(2,3)4/h5-11,17-18H,1,12-13H2,2-4H3/b11-8+/t17-,18+/m0/s1. The molecule has 0 aromatic heterocycles. The van der Waals surface area contributed by atoms with Gasteiger partial charge in [0.15, 0.2) is 0 Å². The number of carbonyl (C=O) groups excluding carboxylic acids is 1. The fraction of sp³-hybridized carbons (Fsp3) is 0.421. The van der Waals surface area contributed by atoms with E-state index in [1.807, 2.05) is 12.2 Å². The Kier molecular flexibility index (Phi) is 4.79. The number of carbonyl (C=O) groups is 1. The highest BCUT2D eigenvalue weighted by Gasteiger charge is 2.24. The molecule has 0 amide bonds. The molecule has 0 saturated carbocycles. The molecule has 1 aliphatic heterocycles. The molecular weight excluding hydrogens is 260 g/mol. The van der Waals surface area contributed by atoms with Crippen LogP contribution < -0.4 is 0 Å². The lowest BCUT2D eigenvalue weighted by Crippen LogP contribution is -2.30. The van der Waals surface area contributed by atoms with Crippen LogP contribution in [-0.4, -0.2) is 18.0 Å². The van der Waals surface area contributed by atoms with Gasteiger partial charge in [-0.2, -0.15) is 0 Å². The van der Waals surface area contributed by atoms with Crippen molar-refractivity contribution < 1.29 is 9.53 Å². The van der Waals surface area contributed by atoms with Crippen LogP contribution in [0.25, 0.3) is 6.08 Å². The predicted octanol–water partition coefficient (Wildman–Crippen LogP) is 4.30. The van der Waals surface area contributed by atoms with Gasteiger partial charge >= 0.3 is 0 Å². The summed E-state index contributed by atoms with van der Waals surface area (Å²) in [6.07, 6.45) is 6.32. The third-order valence-electron chi connectivity index (χ3n) is 3.75. The SMILES string of the molecule is C=C[C@H]1CC(=O)C[C@@H](/C=C/c2ccc(C(C)(C)C)cc2)O1. The Hall–Kier alpha value is -1.67. The highest BCUT2D eigenvalue weighted by Crippen LogP contribution is 2.23. The van der Waals surface area contributed by atoms with E-state index in [0.29, 0.717) is 12.8 Å². The molecular formula is C19H24O2. The largest absolute Gasteiger partial charge is 0.366 e. The molecule has 1 aromatic rings. The van der Waals surface area contributed by atoms with Crippen molar-refractivity contribution in [3.05, 3.63) is 54.1 Å². The van der Waals surface area contributed by atoms with Gasteiger partial charge in [0, 0.05) is 12.8 Å². The van der Waals surface area contributed by atoms with Crippen LogP contribution in [-0.2, 0) is 14.9 Å². The van der Waals surface area contributed by atoms with Crippen molar-refractivity contribution in [2.75, 3.05) is 0 Å². The molecule has 1 aromatic carbocycles. The lowest BCUT2D eigenvalue weighted by atomic mass is 9.86. The molecule has 1 aliphatic rings. The van der Waals surface area contributed by atoms with Crippen LogP contribution in [0.2, 0.25) is 0 Å². The summed E-state index contributed by atoms with van der Waals surface area (Å²) >= 11 is 0. The van der Waals surface area contributed by atoms with E-state index in [2.05, 4.69) is 51.6 Å². The predicted molar refractivity (Wildman–Crippen MR) is 87.3 cm³/mol. The Balaban J connectivity index is 2.03. The Bertz CT molecular complexity index is 532. The minimum absolute atomic E-state index is 0.142. The first-order valence-electron chi connectivity index (χ1n) is 7.47. The molecule has 2 atom stereocenters. The number of ether oxygens (including phenoxy) is 1. The lowest BCUT2D eigenvalue weighted by Gasteiger charge is -2.25. The second-order valence-corrected chi connectivity index (χ2v) is 6.63. The summed E-state index contributed by atoms with van der Waals surface area (Å²) in [5, 5.41) is 0. The quantitative estimate of drug-likeness (QED) is 0.774. The average molecular weight is 284 g/mol. The Morgan fingerprint density at radius 1 is 1.14 bits per heavy atom. The highest BCUT2D eigenvalue weighted by atomic mass is 16.5. The summed E-state index contributed by atoms with van der Waals surface area (Å²) in [5.41, 5.74) is 2.61. The van der Waals surface area contributed by atoms with Gasteiger partial charge in [-0.25, -0.2) is 0 Å². The third-order valence-corrected chi connectivity index (χ3v) is 3.75. The van der Waals surface area contributed by atoms with Crippen molar-refractivity contribution in [1.29, 1.82) is 0 Å². The lowest BCUT2D eigenvalue weighted by molar-refractivity contribution is -0.129. The number of Topliss-reactive ketones (excluding diaryl/α,β-unsaturated/α-hetero) is 1. The molecule has 1 heterocycles. The average Bonchev–Trinajstić information content (AvgIpc) is 2.44. The van der Waals surface area contributed by atoms with Crippen molar-refractivity contribution in [2.24, 2.45) is 0 Å². The summed E-state index contributed by atoms with van der Waals surface area (Å²) in [7, 11) is 0. The molecule has 1 fully saturated rings. The molecule has 1 saturated heterocycles. The van der Waals surface area contributed by atoms with Gasteiger partial charge in [-0.1, -0.05) is 63.3 Å². The van der Waals surface area contributed by atoms with Gasteiger partial charge in [-0.3, -0.25) is 4.79 Å². The van der Waals surface area contributed by atoms with Gasteiger partial charge in [0.2, 0.25) is 0 Å². The van der Waals surface area contributed by atoms with E-state index in [9.17, 15) is 4.79 Å². The summed E-state index contributed by atoms with van der Waals surface area (Å²) in [5.74, 6) is 0.240. The van der Waals surface area contributed by atoms with Crippen LogP contribution in [0.15, 0.2) is 43.0 Å². The van der Waals surface area contributed by atoms with E-state index in [0.717, 1.165) is 5.56 Å². The van der Waals surface area contributed by atoms with Crippen LogP contribution in [0.4, 0.5) is 0 Å². The zero-order valence-corrected chi connectivity index (χ0v) is 13.1. The summed E-state index contributed by atoms with van der Waals surface area (Å²) < 4.78 is 5.78. The maximum Gasteiger partial charge on any atom is 0.138 e. The van der Waals surface area contributed by atoms with Crippen LogP contribution in [0.1, 0.15) is 44.7 Å². The maximum atomic E-state index is 11.6. The molecule has 21 heavy (non-hydrogen) atoms. The van der Waals surface area contributed by atoms with Crippen LogP contribution in [0, 0.1) is 0 Å². The van der Waals surface area contributed by atoms with Crippen molar-refractivity contribution in [1.82, 2.24) is 0 Å². The van der Waals surface area contributed by atoms with Crippen LogP contribution in [0.3, 0.4) is 0 Å². The molecule has 2 heteroatoms. The molecule has 0 radical (unpaired) electrons. The first-order valence-corrected chi connectivity index (χ1v) is 7.47. The van der Waals surface area contributed by atoms with Gasteiger partial charge in [-0.15, -0.1) is 6.58 Å². The van der Waals surface area contributed by atoms with Crippen LogP contribution in [0.5, 0.6) is 0 Å². The van der Waals surface area contributed by atoms with Gasteiger partial charge in [0.25, 0.3) is 0 Å². The van der Waals surface area contributed by atoms with E-state index in [1.54, 1.807) is 6.08 Å². The fourth-order valence-corrected chi connectivity index (χ4v) is 2.42. The number of benzene rings is 1. The molecule has 0 bridgehead atoms. The van der Waals surface area contributed by atoms with E-state index < -0.39 is 0 Å². The Morgan fingerprint density at radius 2 is 1.76 bits per heavy atom. The number of hydrogen-bond donors (Lipinski definition) is 0. The molecule has 112 valence electrons. The molecule has 0 unspecified atom stereocenters. The van der Waals surface area contributed by atoms with Crippen LogP contribution >= 0.6 is 0 Å². The van der Waals surface area contributed by atoms with E-state index in [-0.39, 0.29) is 23.4 Å². The van der Waals surface area contributed by atoms with Gasteiger partial charge in [-0.05, 0) is 16.5 Å². The second-order valence-electron chi connectivity index (χ2n) is 6.63. The van der Waals surface area contributed by atoms with Crippen molar-refractivity contribution in [3.8, 4) is 0 Å². The van der Waals surface area contributed by atoms with E-state index >= 15 is 0 Å². The van der Waals surface area contributed by atoms with Crippen molar-refractivity contribution in [2.45, 2.75) is 51.2 Å². The number of hydrogen-bond acceptors (Lipinski definition) is 2. The Labute approximate surface area is 127 Å². The van der Waals surface area contributed by atoms with Gasteiger partial charge < -0.3 is 4.74 Å². The van der Waals surface area contributed by atoms with Crippen molar-refractivity contribution in [3.63, 3.8) is 0 Å². The first-order chi connectivity index (χ1) is 9.88. The molecule has 0 N–H and O–H groups in total. The first kappa shape index (κ1) is 15.7. The molecule has 0 aliphatic carbocycles. The minimum Gasteiger partial charge on any atom is -0.366 e. The van der Waals surface area contributed by atoms with Gasteiger partial charge in [0.1, 0.15) is 5.78 Å². The topological polar surface area (TPSA) is 26.3 Å². The van der Waals surface area contributed by atoms with Gasteiger partial charge in [0.05, 0.1) is 12.2 Å². The Morgan fingerprint density at radius 3 is 2.33 bits per heavy atom. The second kappa shape index (κ2) is 6.40. The molecule has 0 spiro atoms. The van der Waals surface area contributed by atoms with Crippen molar-refractivity contribution >= 4 is 11.9 Å². The highest BCUT2D eigenvalue weighted by molar-refractivity contribution is 5.80. The summed E-state index contributed by atoms with van der Waals surface area (Å²) in [6.45, 7) is 10.3. The maximum absolute atomic E-state index is 11.6. The normalized spacial score (nSPS) is 23.5. The number of ketones is 1. The smallest absolute Gasteiger partial charge is 0.138 e. The van der Waals surface area contributed by atoms with E-state index in [1.165, 1.54) is 5.56 Å². The zero-order chi connectivity index (χ0) is 15.5. The monoisotopic (exact) mass is 284 g/mol. The molecule has 2 rings (SSSR count). The molecule has 2 nitrogen and oxygen atoms in total. The minimum atomic E-state index is -0.149. The summed E-state index contributed by atoms with van der Waals surface area (Å²) in [4.78, 5) is 11.6. The zero-order valence-electron chi connectivity index (χ0n) is 13.1. The number of rotatable bonds is 3.